The lowest BCUT2D eigenvalue weighted by Crippen LogP contribution is -2.48. The van der Waals surface area contributed by atoms with Crippen LogP contribution in [0.4, 0.5) is 4.79 Å². The molecule has 2 fully saturated rings. The average Bonchev–Trinajstić information content (AvgIpc) is 3.19. The van der Waals surface area contributed by atoms with Crippen molar-refractivity contribution in [1.29, 1.82) is 0 Å². The van der Waals surface area contributed by atoms with E-state index in [0.717, 1.165) is 44.0 Å². The molecular formula is C26H32ClN3O5. The summed E-state index contributed by atoms with van der Waals surface area (Å²) in [6, 6.07) is 15.2. The normalized spacial score (nSPS) is 17.9. The standard InChI is InChI=1S/C26H32ClN3O5/c1-33-26(19-35-23-5-2-4-21(27)16-23)10-13-29(14-11-26)17-20-6-8-22(9-7-20)34-15-3-12-30-18-24(31)28-25(30)32/h2,4-9,16H,3,10-15,17-19H2,1H3,(H,28,31,32). The molecule has 0 bridgehead atoms. The number of methoxy groups -OCH3 is 1. The number of nitrogens with one attached hydrogen (secondary N) is 1. The SMILES string of the molecule is COC1(COc2cccc(Cl)c2)CCN(Cc2ccc(OCCCN3CC(=O)NC3=O)cc2)CC1. The summed E-state index contributed by atoms with van der Waals surface area (Å²) in [5.41, 5.74) is 0.934. The molecule has 0 saturated carbocycles. The number of benzene rings is 2. The quantitative estimate of drug-likeness (QED) is 0.373. The number of ether oxygens (including phenoxy) is 3. The Hall–Kier alpha value is -2.81. The predicted molar refractivity (Wildman–Crippen MR) is 133 cm³/mol. The summed E-state index contributed by atoms with van der Waals surface area (Å²) in [5.74, 6) is 1.31. The third-order valence-electron chi connectivity index (χ3n) is 6.54. The predicted octanol–water partition coefficient (Wildman–Crippen LogP) is 3.72. The van der Waals surface area contributed by atoms with Crippen LogP contribution in [0.1, 0.15) is 24.8 Å². The van der Waals surface area contributed by atoms with Crippen LogP contribution in [-0.2, 0) is 16.1 Å². The topological polar surface area (TPSA) is 80.3 Å². The molecule has 2 heterocycles. The number of hydrogen-bond donors (Lipinski definition) is 1. The molecule has 35 heavy (non-hydrogen) atoms. The Morgan fingerprint density at radius 2 is 1.80 bits per heavy atom. The van der Waals surface area contributed by atoms with Crippen molar-refractivity contribution in [3.63, 3.8) is 0 Å². The van der Waals surface area contributed by atoms with Crippen LogP contribution in [0.15, 0.2) is 48.5 Å². The monoisotopic (exact) mass is 501 g/mol. The van der Waals surface area contributed by atoms with Gasteiger partial charge in [-0.2, -0.15) is 0 Å². The molecule has 3 amide bonds. The number of urea groups is 1. The van der Waals surface area contributed by atoms with Gasteiger partial charge in [-0.25, -0.2) is 4.79 Å². The first kappa shape index (κ1) is 25.3. The highest BCUT2D eigenvalue weighted by molar-refractivity contribution is 6.30. The minimum Gasteiger partial charge on any atom is -0.494 e. The minimum atomic E-state index is -0.326. The van der Waals surface area contributed by atoms with Crippen molar-refractivity contribution in [1.82, 2.24) is 15.1 Å². The fourth-order valence-electron chi connectivity index (χ4n) is 4.36. The second-order valence-corrected chi connectivity index (χ2v) is 9.47. The van der Waals surface area contributed by atoms with Gasteiger partial charge in [-0.3, -0.25) is 15.0 Å². The molecule has 0 spiro atoms. The number of carbonyl (C=O) groups excluding carboxylic acids is 2. The van der Waals surface area contributed by atoms with Crippen LogP contribution in [0.25, 0.3) is 0 Å². The first-order valence-corrected chi connectivity index (χ1v) is 12.3. The van der Waals surface area contributed by atoms with Crippen molar-refractivity contribution < 1.29 is 23.8 Å². The van der Waals surface area contributed by atoms with Gasteiger partial charge in [0, 0.05) is 38.3 Å². The molecule has 9 heteroatoms. The third kappa shape index (κ3) is 7.10. The summed E-state index contributed by atoms with van der Waals surface area (Å²) in [5, 5.41) is 2.93. The zero-order valence-electron chi connectivity index (χ0n) is 20.0. The van der Waals surface area contributed by atoms with Gasteiger partial charge >= 0.3 is 6.03 Å². The van der Waals surface area contributed by atoms with Crippen molar-refractivity contribution in [3.05, 3.63) is 59.1 Å². The molecule has 2 saturated heterocycles. The second kappa shape index (κ2) is 11.7. The summed E-state index contributed by atoms with van der Waals surface area (Å²) in [7, 11) is 1.76. The Morgan fingerprint density at radius 3 is 2.46 bits per heavy atom. The molecule has 4 rings (SSSR count). The molecule has 0 atom stereocenters. The average molecular weight is 502 g/mol. The number of nitrogens with zero attached hydrogens (tertiary/aromatic N) is 2. The van der Waals surface area contributed by atoms with Gasteiger partial charge in [0.25, 0.3) is 0 Å². The van der Waals surface area contributed by atoms with E-state index >= 15 is 0 Å². The summed E-state index contributed by atoms with van der Waals surface area (Å²) in [6.45, 7) is 4.34. The van der Waals surface area contributed by atoms with Crippen LogP contribution in [0.3, 0.4) is 0 Å². The molecule has 2 aliphatic rings. The van der Waals surface area contributed by atoms with Crippen LogP contribution in [0.5, 0.6) is 11.5 Å². The molecule has 0 unspecified atom stereocenters. The van der Waals surface area contributed by atoms with Crippen LogP contribution in [0, 0.1) is 0 Å². The van der Waals surface area contributed by atoms with Crippen molar-refractivity contribution in [2.24, 2.45) is 0 Å². The van der Waals surface area contributed by atoms with Gasteiger partial charge in [-0.15, -0.1) is 0 Å². The molecular weight excluding hydrogens is 470 g/mol. The Labute approximate surface area is 211 Å². The Morgan fingerprint density at radius 1 is 1.03 bits per heavy atom. The van der Waals surface area contributed by atoms with Crippen molar-refractivity contribution >= 4 is 23.5 Å². The minimum absolute atomic E-state index is 0.129. The molecule has 8 nitrogen and oxygen atoms in total. The van der Waals surface area contributed by atoms with Crippen LogP contribution in [0.2, 0.25) is 5.02 Å². The van der Waals surface area contributed by atoms with Gasteiger partial charge in [0.15, 0.2) is 0 Å². The van der Waals surface area contributed by atoms with Gasteiger partial charge < -0.3 is 19.1 Å². The Balaban J connectivity index is 1.17. The lowest BCUT2D eigenvalue weighted by Gasteiger charge is -2.40. The van der Waals surface area contributed by atoms with Gasteiger partial charge in [0.05, 0.1) is 6.61 Å². The van der Waals surface area contributed by atoms with Crippen molar-refractivity contribution in [2.45, 2.75) is 31.4 Å². The van der Waals surface area contributed by atoms with E-state index in [2.05, 4.69) is 22.3 Å². The van der Waals surface area contributed by atoms with E-state index in [1.807, 2.05) is 36.4 Å². The second-order valence-electron chi connectivity index (χ2n) is 9.03. The third-order valence-corrected chi connectivity index (χ3v) is 6.77. The maximum absolute atomic E-state index is 11.5. The molecule has 0 aromatic heterocycles. The van der Waals surface area contributed by atoms with E-state index < -0.39 is 0 Å². The van der Waals surface area contributed by atoms with Gasteiger partial charge in [-0.1, -0.05) is 29.8 Å². The van der Waals surface area contributed by atoms with E-state index in [1.54, 1.807) is 7.11 Å². The maximum Gasteiger partial charge on any atom is 0.324 e. The number of likely N-dealkylation sites (tertiary alicyclic amines) is 1. The summed E-state index contributed by atoms with van der Waals surface area (Å²) in [4.78, 5) is 26.7. The molecule has 2 aromatic carbocycles. The highest BCUT2D eigenvalue weighted by atomic mass is 35.5. The number of hydrogen-bond acceptors (Lipinski definition) is 6. The van der Waals surface area contributed by atoms with E-state index in [4.69, 9.17) is 25.8 Å². The van der Waals surface area contributed by atoms with Crippen molar-refractivity contribution in [3.8, 4) is 11.5 Å². The molecule has 1 N–H and O–H groups in total. The van der Waals surface area contributed by atoms with E-state index in [0.29, 0.717) is 31.2 Å². The zero-order valence-corrected chi connectivity index (χ0v) is 20.8. The lowest BCUT2D eigenvalue weighted by atomic mass is 9.91. The highest BCUT2D eigenvalue weighted by Crippen LogP contribution is 2.29. The molecule has 188 valence electrons. The largest absolute Gasteiger partial charge is 0.494 e. The van der Waals surface area contributed by atoms with Crippen LogP contribution >= 0.6 is 11.6 Å². The number of rotatable bonds is 11. The number of halogens is 1. The van der Waals surface area contributed by atoms with Gasteiger partial charge in [0.2, 0.25) is 5.91 Å². The number of piperidine rings is 1. The number of carbonyl (C=O) groups is 2. The Kier molecular flexibility index (Phi) is 8.49. The lowest BCUT2D eigenvalue weighted by molar-refractivity contribution is -0.118. The molecule has 2 aromatic rings. The van der Waals surface area contributed by atoms with E-state index in [1.165, 1.54) is 10.5 Å². The maximum atomic E-state index is 11.5. The molecule has 0 aliphatic carbocycles. The van der Waals surface area contributed by atoms with Crippen molar-refractivity contribution in [2.75, 3.05) is 46.5 Å². The smallest absolute Gasteiger partial charge is 0.324 e. The Bertz CT molecular complexity index is 1010. The van der Waals surface area contributed by atoms with Gasteiger partial charge in [0.1, 0.15) is 30.3 Å². The number of imide groups is 1. The summed E-state index contributed by atoms with van der Waals surface area (Å²) < 4.78 is 17.7. The van der Waals surface area contributed by atoms with Crippen LogP contribution < -0.4 is 14.8 Å². The van der Waals surface area contributed by atoms with Gasteiger partial charge in [-0.05, 0) is 55.2 Å². The highest BCUT2D eigenvalue weighted by Gasteiger charge is 2.35. The van der Waals surface area contributed by atoms with E-state index in [9.17, 15) is 9.59 Å². The fraction of sp³-hybridized carbons (Fsp3) is 0.462. The first-order chi connectivity index (χ1) is 16.9. The zero-order chi connectivity index (χ0) is 24.7. The van der Waals surface area contributed by atoms with E-state index in [-0.39, 0.29) is 24.1 Å². The summed E-state index contributed by atoms with van der Waals surface area (Å²) in [6.07, 6.45) is 2.45. The first-order valence-electron chi connectivity index (χ1n) is 11.9. The van der Waals surface area contributed by atoms with Crippen LogP contribution in [-0.4, -0.2) is 73.8 Å². The molecule has 0 radical (unpaired) electrons. The number of amides is 3. The summed E-state index contributed by atoms with van der Waals surface area (Å²) >= 11 is 6.06. The fourth-order valence-corrected chi connectivity index (χ4v) is 4.54. The molecule has 2 aliphatic heterocycles.